The van der Waals surface area contributed by atoms with Crippen LogP contribution in [0.1, 0.15) is 5.56 Å². The summed E-state index contributed by atoms with van der Waals surface area (Å²) in [5.41, 5.74) is 1.19. The van der Waals surface area contributed by atoms with Gasteiger partial charge in [-0.1, -0.05) is 18.2 Å². The van der Waals surface area contributed by atoms with Crippen molar-refractivity contribution in [3.8, 4) is 11.1 Å². The Morgan fingerprint density at radius 3 is 2.47 bits per heavy atom. The molecule has 0 radical (unpaired) electrons. The number of carboxylic acid groups (broad SMARTS) is 1. The van der Waals surface area contributed by atoms with Gasteiger partial charge in [0.1, 0.15) is 11.6 Å². The van der Waals surface area contributed by atoms with E-state index in [-0.39, 0.29) is 22.2 Å². The topological polar surface area (TPSA) is 109 Å². The molecular formula is C20H15F2N3O4S. The highest BCUT2D eigenvalue weighted by Crippen LogP contribution is 2.28. The number of carboxylic acids is 1. The normalized spacial score (nSPS) is 11.6. The van der Waals surface area contributed by atoms with Crippen LogP contribution in [0, 0.1) is 11.6 Å². The van der Waals surface area contributed by atoms with Gasteiger partial charge >= 0.3 is 5.97 Å². The standard InChI is InChI=1S/C20H15F2N3O4S/c1-30(28,29)19-17(13-4-2-3-12(7-13)5-6-18(26)27)11-23-20(25-19)24-16-9-14(21)8-15(22)10-16/h2-11H,1H3,(H,26,27)(H,23,24,25)/b6-5+. The van der Waals surface area contributed by atoms with Crippen LogP contribution in [0.3, 0.4) is 0 Å². The molecule has 0 saturated heterocycles. The van der Waals surface area contributed by atoms with Gasteiger partial charge in [0.05, 0.1) is 0 Å². The summed E-state index contributed by atoms with van der Waals surface area (Å²) in [7, 11) is -3.80. The summed E-state index contributed by atoms with van der Waals surface area (Å²) in [6, 6.07) is 9.21. The first-order valence-electron chi connectivity index (χ1n) is 8.43. The smallest absolute Gasteiger partial charge is 0.328 e. The Kier molecular flexibility index (Phi) is 5.88. The number of hydrogen-bond donors (Lipinski definition) is 2. The van der Waals surface area contributed by atoms with E-state index in [1.54, 1.807) is 24.3 Å². The minimum absolute atomic E-state index is 0.0144. The lowest BCUT2D eigenvalue weighted by molar-refractivity contribution is -0.131. The van der Waals surface area contributed by atoms with Gasteiger partial charge < -0.3 is 10.4 Å². The van der Waals surface area contributed by atoms with Crippen molar-refractivity contribution in [3.63, 3.8) is 0 Å². The number of sulfone groups is 1. The molecule has 0 unspecified atom stereocenters. The van der Waals surface area contributed by atoms with Gasteiger partial charge in [0.15, 0.2) is 14.9 Å². The average Bonchev–Trinajstić information content (AvgIpc) is 2.65. The lowest BCUT2D eigenvalue weighted by Crippen LogP contribution is -2.07. The fourth-order valence-corrected chi connectivity index (χ4v) is 3.46. The van der Waals surface area contributed by atoms with Crippen molar-refractivity contribution in [1.82, 2.24) is 9.97 Å². The third-order valence-electron chi connectivity index (χ3n) is 3.84. The molecular weight excluding hydrogens is 416 g/mol. The molecule has 0 fully saturated rings. The maximum atomic E-state index is 13.4. The monoisotopic (exact) mass is 431 g/mol. The van der Waals surface area contributed by atoms with Crippen LogP contribution in [-0.2, 0) is 14.6 Å². The predicted octanol–water partition coefficient (Wildman–Crippen LogP) is 3.67. The highest BCUT2D eigenvalue weighted by atomic mass is 32.2. The maximum Gasteiger partial charge on any atom is 0.328 e. The lowest BCUT2D eigenvalue weighted by atomic mass is 10.1. The van der Waals surface area contributed by atoms with Crippen LogP contribution in [-0.4, -0.2) is 35.7 Å². The van der Waals surface area contributed by atoms with E-state index in [0.29, 0.717) is 17.2 Å². The van der Waals surface area contributed by atoms with Crippen molar-refractivity contribution in [2.24, 2.45) is 0 Å². The summed E-state index contributed by atoms with van der Waals surface area (Å²) < 4.78 is 51.4. The molecule has 10 heteroatoms. The molecule has 0 saturated carbocycles. The van der Waals surface area contributed by atoms with Gasteiger partial charge in [-0.2, -0.15) is 0 Å². The summed E-state index contributed by atoms with van der Waals surface area (Å²) in [5, 5.41) is 11.0. The number of hydrogen-bond acceptors (Lipinski definition) is 6. The molecule has 1 heterocycles. The Bertz CT molecular complexity index is 1240. The summed E-state index contributed by atoms with van der Waals surface area (Å²) in [6.45, 7) is 0. The molecule has 30 heavy (non-hydrogen) atoms. The van der Waals surface area contributed by atoms with Crippen molar-refractivity contribution in [1.29, 1.82) is 0 Å². The molecule has 3 rings (SSSR count). The minimum Gasteiger partial charge on any atom is -0.478 e. The molecule has 3 aromatic rings. The summed E-state index contributed by atoms with van der Waals surface area (Å²) >= 11 is 0. The van der Waals surface area contributed by atoms with Gasteiger partial charge in [-0.05, 0) is 35.4 Å². The minimum atomic E-state index is -3.80. The van der Waals surface area contributed by atoms with Gasteiger partial charge in [-0.25, -0.2) is 32.0 Å². The molecule has 0 bridgehead atoms. The molecule has 0 amide bonds. The number of anilines is 2. The second-order valence-corrected chi connectivity index (χ2v) is 8.20. The molecule has 0 aliphatic heterocycles. The van der Waals surface area contributed by atoms with E-state index in [1.807, 2.05) is 0 Å². The SMILES string of the molecule is CS(=O)(=O)c1nc(Nc2cc(F)cc(F)c2)ncc1-c1cccc(/C=C/C(=O)O)c1. The zero-order valence-corrected chi connectivity index (χ0v) is 16.3. The summed E-state index contributed by atoms with van der Waals surface area (Å²) in [6.07, 6.45) is 4.56. The summed E-state index contributed by atoms with van der Waals surface area (Å²) in [5.74, 6) is -2.91. The number of rotatable bonds is 6. The van der Waals surface area contributed by atoms with E-state index in [2.05, 4.69) is 15.3 Å². The molecule has 0 spiro atoms. The number of nitrogens with one attached hydrogen (secondary N) is 1. The third kappa shape index (κ3) is 5.23. The first kappa shape index (κ1) is 21.1. The van der Waals surface area contributed by atoms with E-state index >= 15 is 0 Å². The van der Waals surface area contributed by atoms with Crippen molar-refractivity contribution < 1.29 is 27.1 Å². The fraction of sp³-hybridized carbons (Fsp3) is 0.0500. The van der Waals surface area contributed by atoms with Crippen LogP contribution in [0.4, 0.5) is 20.4 Å². The van der Waals surface area contributed by atoms with Gasteiger partial charge in [0.25, 0.3) is 0 Å². The van der Waals surface area contributed by atoms with Gasteiger partial charge in [0.2, 0.25) is 5.95 Å². The fourth-order valence-electron chi connectivity index (χ4n) is 2.64. The van der Waals surface area contributed by atoms with Gasteiger partial charge in [-0.15, -0.1) is 0 Å². The Morgan fingerprint density at radius 1 is 1.13 bits per heavy atom. The second kappa shape index (κ2) is 8.37. The average molecular weight is 431 g/mol. The predicted molar refractivity (Wildman–Crippen MR) is 107 cm³/mol. The Balaban J connectivity index is 2.04. The number of aromatic nitrogens is 2. The van der Waals surface area contributed by atoms with Crippen molar-refractivity contribution in [3.05, 3.63) is 71.9 Å². The van der Waals surface area contributed by atoms with Crippen LogP contribution in [0.5, 0.6) is 0 Å². The Hall–Kier alpha value is -3.66. The van der Waals surface area contributed by atoms with Crippen LogP contribution >= 0.6 is 0 Å². The second-order valence-electron chi connectivity index (χ2n) is 6.26. The number of halogens is 2. The highest BCUT2D eigenvalue weighted by Gasteiger charge is 2.19. The number of aliphatic carboxylic acids is 1. The van der Waals surface area contributed by atoms with Gasteiger partial charge in [-0.3, -0.25) is 0 Å². The molecule has 0 atom stereocenters. The molecule has 154 valence electrons. The van der Waals surface area contributed by atoms with Crippen molar-refractivity contribution >= 4 is 33.5 Å². The Morgan fingerprint density at radius 2 is 1.83 bits per heavy atom. The number of nitrogens with zero attached hydrogens (tertiary/aromatic N) is 2. The van der Waals surface area contributed by atoms with Crippen molar-refractivity contribution in [2.45, 2.75) is 5.03 Å². The zero-order valence-electron chi connectivity index (χ0n) is 15.5. The Labute approximate surface area is 170 Å². The van der Waals surface area contributed by atoms with E-state index in [0.717, 1.165) is 24.5 Å². The first-order valence-corrected chi connectivity index (χ1v) is 10.3. The van der Waals surface area contributed by atoms with Crippen LogP contribution in [0.2, 0.25) is 0 Å². The largest absolute Gasteiger partial charge is 0.478 e. The molecule has 2 N–H and O–H groups in total. The molecule has 0 aliphatic rings. The van der Waals surface area contributed by atoms with Gasteiger partial charge in [0, 0.05) is 35.8 Å². The quantitative estimate of drug-likeness (QED) is 0.453. The van der Waals surface area contributed by atoms with Crippen molar-refractivity contribution in [2.75, 3.05) is 11.6 Å². The number of benzene rings is 2. The molecule has 0 aliphatic carbocycles. The third-order valence-corrected chi connectivity index (χ3v) is 4.85. The first-order chi connectivity index (χ1) is 14.1. The summed E-state index contributed by atoms with van der Waals surface area (Å²) in [4.78, 5) is 18.8. The van der Waals surface area contributed by atoms with E-state index in [1.165, 1.54) is 12.3 Å². The van der Waals surface area contributed by atoms with Crippen LogP contribution in [0.15, 0.2) is 59.8 Å². The number of carbonyl (C=O) groups is 1. The molecule has 2 aromatic carbocycles. The van der Waals surface area contributed by atoms with E-state index < -0.39 is 27.4 Å². The maximum absolute atomic E-state index is 13.4. The highest BCUT2D eigenvalue weighted by molar-refractivity contribution is 7.90. The van der Waals surface area contributed by atoms with E-state index in [4.69, 9.17) is 5.11 Å². The lowest BCUT2D eigenvalue weighted by Gasteiger charge is -2.11. The van der Waals surface area contributed by atoms with E-state index in [9.17, 15) is 22.0 Å². The molecule has 7 nitrogen and oxygen atoms in total. The zero-order chi connectivity index (χ0) is 21.9. The van der Waals surface area contributed by atoms with Crippen LogP contribution < -0.4 is 5.32 Å². The van der Waals surface area contributed by atoms with Crippen LogP contribution in [0.25, 0.3) is 17.2 Å². The molecule has 1 aromatic heterocycles.